The highest BCUT2D eigenvalue weighted by molar-refractivity contribution is 9.10. The van der Waals surface area contributed by atoms with Gasteiger partial charge in [0, 0.05) is 22.8 Å². The molecule has 1 heterocycles. The van der Waals surface area contributed by atoms with Gasteiger partial charge in [-0.05, 0) is 42.8 Å². The topological polar surface area (TPSA) is 93.7 Å². The molecule has 0 bridgehead atoms. The quantitative estimate of drug-likeness (QED) is 0.699. The number of benzene rings is 2. The fourth-order valence-electron chi connectivity index (χ4n) is 2.71. The van der Waals surface area contributed by atoms with Crippen LogP contribution >= 0.6 is 15.9 Å². The van der Waals surface area contributed by atoms with E-state index in [-0.39, 0.29) is 22.3 Å². The van der Waals surface area contributed by atoms with Crippen LogP contribution in [0, 0.1) is 0 Å². The molecular weight excluding hydrogens is 436 g/mol. The number of ether oxygens (including phenoxy) is 2. The van der Waals surface area contributed by atoms with E-state index in [9.17, 15) is 13.2 Å². The molecule has 0 aromatic heterocycles. The van der Waals surface area contributed by atoms with Crippen molar-refractivity contribution in [1.82, 2.24) is 4.72 Å². The van der Waals surface area contributed by atoms with Gasteiger partial charge >= 0.3 is 0 Å². The maximum absolute atomic E-state index is 12.7. The van der Waals surface area contributed by atoms with Crippen LogP contribution in [0.2, 0.25) is 0 Å². The number of rotatable bonds is 6. The van der Waals surface area contributed by atoms with Crippen LogP contribution in [-0.4, -0.2) is 40.7 Å². The molecule has 144 valence electrons. The van der Waals surface area contributed by atoms with Crippen molar-refractivity contribution >= 4 is 37.5 Å². The molecule has 1 saturated heterocycles. The van der Waals surface area contributed by atoms with Gasteiger partial charge in [-0.3, -0.25) is 4.79 Å². The molecule has 1 aliphatic rings. The third-order valence-corrected chi connectivity index (χ3v) is 6.07. The van der Waals surface area contributed by atoms with Crippen LogP contribution in [0.3, 0.4) is 0 Å². The van der Waals surface area contributed by atoms with E-state index < -0.39 is 15.9 Å². The molecule has 2 aromatic carbocycles. The van der Waals surface area contributed by atoms with Gasteiger partial charge in [0.25, 0.3) is 5.91 Å². The van der Waals surface area contributed by atoms with Gasteiger partial charge in [-0.25, -0.2) is 13.1 Å². The summed E-state index contributed by atoms with van der Waals surface area (Å²) in [6, 6.07) is 11.0. The molecule has 27 heavy (non-hydrogen) atoms. The highest BCUT2D eigenvalue weighted by atomic mass is 79.9. The summed E-state index contributed by atoms with van der Waals surface area (Å²) in [5.74, 6) is -0.183. The number of hydrogen-bond acceptors (Lipinski definition) is 5. The smallest absolute Gasteiger partial charge is 0.259 e. The molecule has 0 radical (unpaired) electrons. The van der Waals surface area contributed by atoms with Crippen molar-refractivity contribution in [2.45, 2.75) is 17.4 Å². The van der Waals surface area contributed by atoms with Gasteiger partial charge < -0.3 is 14.8 Å². The SMILES string of the molecule is COc1ccc(S(=O)(=O)NC2CCOC2)cc1C(=O)Nc1cccc(Br)c1. The fourth-order valence-corrected chi connectivity index (χ4v) is 4.39. The Bertz CT molecular complexity index is 943. The van der Waals surface area contributed by atoms with Crippen molar-refractivity contribution in [1.29, 1.82) is 0 Å². The van der Waals surface area contributed by atoms with Gasteiger partial charge in [-0.1, -0.05) is 22.0 Å². The Labute approximate surface area is 166 Å². The Balaban J connectivity index is 1.87. The van der Waals surface area contributed by atoms with Crippen molar-refractivity contribution in [2.75, 3.05) is 25.6 Å². The number of sulfonamides is 1. The monoisotopic (exact) mass is 454 g/mol. The average Bonchev–Trinajstić information content (AvgIpc) is 3.13. The third-order valence-electron chi connectivity index (χ3n) is 4.06. The molecule has 1 fully saturated rings. The third kappa shape index (κ3) is 4.86. The standard InChI is InChI=1S/C18H19BrN2O5S/c1-25-17-6-5-15(27(23,24)21-14-7-8-26-11-14)10-16(17)18(22)20-13-4-2-3-12(19)9-13/h2-6,9-10,14,21H,7-8,11H2,1H3,(H,20,22). The zero-order chi connectivity index (χ0) is 19.4. The average molecular weight is 455 g/mol. The Morgan fingerprint density at radius 1 is 1.26 bits per heavy atom. The van der Waals surface area contributed by atoms with Crippen molar-refractivity contribution in [2.24, 2.45) is 0 Å². The van der Waals surface area contributed by atoms with Crippen LogP contribution in [0.1, 0.15) is 16.8 Å². The van der Waals surface area contributed by atoms with Crippen LogP contribution in [0.5, 0.6) is 5.75 Å². The molecule has 0 aliphatic carbocycles. The van der Waals surface area contributed by atoms with Gasteiger partial charge in [0.05, 0.1) is 24.2 Å². The predicted octanol–water partition coefficient (Wildman–Crippen LogP) is 2.78. The van der Waals surface area contributed by atoms with Crippen LogP contribution in [0.4, 0.5) is 5.69 Å². The Kier molecular flexibility index (Phi) is 6.15. The van der Waals surface area contributed by atoms with E-state index in [1.165, 1.54) is 25.3 Å². The number of halogens is 1. The normalized spacial score (nSPS) is 16.9. The molecule has 1 amide bonds. The first-order valence-electron chi connectivity index (χ1n) is 8.24. The van der Waals surface area contributed by atoms with Crippen molar-refractivity contribution < 1.29 is 22.7 Å². The van der Waals surface area contributed by atoms with Gasteiger partial charge in [0.15, 0.2) is 0 Å². The minimum atomic E-state index is -3.78. The molecule has 1 aliphatic heterocycles. The molecule has 0 saturated carbocycles. The Morgan fingerprint density at radius 3 is 2.74 bits per heavy atom. The van der Waals surface area contributed by atoms with E-state index >= 15 is 0 Å². The van der Waals surface area contributed by atoms with E-state index in [0.717, 1.165) is 4.47 Å². The molecule has 2 aromatic rings. The van der Waals surface area contributed by atoms with Gasteiger partial charge in [0.1, 0.15) is 5.75 Å². The van der Waals surface area contributed by atoms with E-state index in [1.807, 2.05) is 6.07 Å². The zero-order valence-electron chi connectivity index (χ0n) is 14.6. The summed E-state index contributed by atoms with van der Waals surface area (Å²) >= 11 is 3.34. The van der Waals surface area contributed by atoms with Gasteiger partial charge in [0.2, 0.25) is 10.0 Å². The number of methoxy groups -OCH3 is 1. The van der Waals surface area contributed by atoms with Crippen molar-refractivity contribution in [3.8, 4) is 5.75 Å². The lowest BCUT2D eigenvalue weighted by Crippen LogP contribution is -2.35. The number of nitrogens with one attached hydrogen (secondary N) is 2. The summed E-state index contributed by atoms with van der Waals surface area (Å²) in [5.41, 5.74) is 0.703. The lowest BCUT2D eigenvalue weighted by atomic mass is 10.2. The van der Waals surface area contributed by atoms with Crippen molar-refractivity contribution in [3.63, 3.8) is 0 Å². The van der Waals surface area contributed by atoms with Crippen LogP contribution in [-0.2, 0) is 14.8 Å². The molecule has 7 nitrogen and oxygen atoms in total. The highest BCUT2D eigenvalue weighted by Gasteiger charge is 2.25. The van der Waals surface area contributed by atoms with Gasteiger partial charge in [-0.2, -0.15) is 0 Å². The van der Waals surface area contributed by atoms with E-state index in [0.29, 0.717) is 25.3 Å². The first-order chi connectivity index (χ1) is 12.9. The van der Waals surface area contributed by atoms with E-state index in [1.54, 1.807) is 18.2 Å². The Hall–Kier alpha value is -1.94. The summed E-state index contributed by atoms with van der Waals surface area (Å²) in [4.78, 5) is 12.7. The lowest BCUT2D eigenvalue weighted by molar-refractivity contribution is 0.102. The largest absolute Gasteiger partial charge is 0.496 e. The molecule has 0 spiro atoms. The lowest BCUT2D eigenvalue weighted by Gasteiger charge is -2.14. The number of amides is 1. The highest BCUT2D eigenvalue weighted by Crippen LogP contribution is 2.25. The van der Waals surface area contributed by atoms with E-state index in [2.05, 4.69) is 26.0 Å². The summed E-state index contributed by atoms with van der Waals surface area (Å²) in [5, 5.41) is 2.74. The second-order valence-corrected chi connectivity index (χ2v) is 8.64. The second kappa shape index (κ2) is 8.39. The maximum Gasteiger partial charge on any atom is 0.259 e. The summed E-state index contributed by atoms with van der Waals surface area (Å²) in [6.07, 6.45) is 0.617. The number of carbonyl (C=O) groups is 1. The Morgan fingerprint density at radius 2 is 2.07 bits per heavy atom. The van der Waals surface area contributed by atoms with Crippen molar-refractivity contribution in [3.05, 3.63) is 52.5 Å². The van der Waals surface area contributed by atoms with Crippen LogP contribution < -0.4 is 14.8 Å². The second-order valence-electron chi connectivity index (χ2n) is 6.01. The molecule has 1 atom stereocenters. The van der Waals surface area contributed by atoms with Gasteiger partial charge in [-0.15, -0.1) is 0 Å². The molecular formula is C18H19BrN2O5S. The summed E-state index contributed by atoms with van der Waals surface area (Å²) < 4.78 is 39.1. The van der Waals surface area contributed by atoms with E-state index in [4.69, 9.17) is 9.47 Å². The minimum Gasteiger partial charge on any atom is -0.496 e. The first kappa shape index (κ1) is 19.8. The first-order valence-corrected chi connectivity index (χ1v) is 10.5. The van der Waals surface area contributed by atoms with Crippen LogP contribution in [0.25, 0.3) is 0 Å². The number of hydrogen-bond donors (Lipinski definition) is 2. The van der Waals surface area contributed by atoms with Crippen LogP contribution in [0.15, 0.2) is 51.8 Å². The minimum absolute atomic E-state index is 0.00501. The summed E-state index contributed by atoms with van der Waals surface area (Å²) in [7, 11) is -2.35. The summed E-state index contributed by atoms with van der Waals surface area (Å²) in [6.45, 7) is 0.863. The molecule has 1 unspecified atom stereocenters. The zero-order valence-corrected chi connectivity index (χ0v) is 17.0. The number of carbonyl (C=O) groups excluding carboxylic acids is 1. The molecule has 2 N–H and O–H groups in total. The molecule has 3 rings (SSSR count). The molecule has 9 heteroatoms. The number of anilines is 1. The maximum atomic E-state index is 12.7. The fraction of sp³-hybridized carbons (Fsp3) is 0.278. The predicted molar refractivity (Wildman–Crippen MR) is 105 cm³/mol.